The summed E-state index contributed by atoms with van der Waals surface area (Å²) in [6.45, 7) is 0.297. The molecule has 0 bridgehead atoms. The smallest absolute Gasteiger partial charge is 0.328 e. The molecule has 0 amide bonds. The maximum atomic E-state index is 12.9. The minimum Gasteiger partial charge on any atom is -0.328 e. The van der Waals surface area contributed by atoms with Gasteiger partial charge >= 0.3 is 6.18 Å². The summed E-state index contributed by atoms with van der Waals surface area (Å²) in [5.74, 6) is 0. The van der Waals surface area contributed by atoms with Crippen LogP contribution in [-0.2, 0) is 16.2 Å². The molecule has 1 aromatic rings. The Hall–Kier alpha value is -0.830. The van der Waals surface area contributed by atoms with Crippen LogP contribution in [0.3, 0.4) is 0 Å². The summed E-state index contributed by atoms with van der Waals surface area (Å²) in [7, 11) is -4.14. The summed E-state index contributed by atoms with van der Waals surface area (Å²) < 4.78 is 64.5. The summed E-state index contributed by atoms with van der Waals surface area (Å²) >= 11 is 0. The standard InChI is InChI=1S/C12H15F3N2O2S.ClH/c13-12(14,15)10-3-1-2-4-11(10)20(18,19)17-7-5-9(16)6-8-17;/h1-4,9H,5-8,16H2;1H. The van der Waals surface area contributed by atoms with Gasteiger partial charge in [0.25, 0.3) is 0 Å². The lowest BCUT2D eigenvalue weighted by Gasteiger charge is -2.30. The molecule has 2 rings (SSSR count). The summed E-state index contributed by atoms with van der Waals surface area (Å²) in [4.78, 5) is -0.692. The van der Waals surface area contributed by atoms with Crippen LogP contribution in [0.15, 0.2) is 29.2 Å². The van der Waals surface area contributed by atoms with E-state index < -0.39 is 26.7 Å². The number of sulfonamides is 1. The fourth-order valence-corrected chi connectivity index (χ4v) is 3.86. The van der Waals surface area contributed by atoms with Crippen molar-refractivity contribution >= 4 is 22.4 Å². The maximum absolute atomic E-state index is 12.9. The molecule has 1 saturated heterocycles. The van der Waals surface area contributed by atoms with Gasteiger partial charge in [-0.2, -0.15) is 17.5 Å². The Bertz CT molecular complexity index is 584. The number of nitrogens with two attached hydrogens (primary N) is 1. The van der Waals surface area contributed by atoms with Crippen LogP contribution in [0.1, 0.15) is 18.4 Å². The molecule has 2 N–H and O–H groups in total. The Labute approximate surface area is 127 Å². The zero-order chi connectivity index (χ0) is 15.0. The van der Waals surface area contributed by atoms with E-state index in [9.17, 15) is 21.6 Å². The Kier molecular flexibility index (Phi) is 5.65. The van der Waals surface area contributed by atoms with Gasteiger partial charge in [-0.05, 0) is 25.0 Å². The molecule has 1 aliphatic rings. The molecular formula is C12H16ClF3N2O2S. The average Bonchev–Trinajstić information content (AvgIpc) is 2.38. The molecule has 1 fully saturated rings. The molecule has 0 unspecified atom stereocenters. The molecule has 0 aromatic heterocycles. The zero-order valence-electron chi connectivity index (χ0n) is 11.0. The van der Waals surface area contributed by atoms with Crippen LogP contribution in [0, 0.1) is 0 Å². The van der Waals surface area contributed by atoms with Gasteiger partial charge in [0.15, 0.2) is 0 Å². The van der Waals surface area contributed by atoms with Gasteiger partial charge in [-0.15, -0.1) is 12.4 Å². The van der Waals surface area contributed by atoms with E-state index in [1.165, 1.54) is 12.1 Å². The van der Waals surface area contributed by atoms with Crippen LogP contribution in [0.2, 0.25) is 0 Å². The van der Waals surface area contributed by atoms with E-state index in [-0.39, 0.29) is 31.5 Å². The normalized spacial score (nSPS) is 18.3. The summed E-state index contributed by atoms with van der Waals surface area (Å²) in [5.41, 5.74) is 4.55. The molecule has 1 aliphatic heterocycles. The highest BCUT2D eigenvalue weighted by Gasteiger charge is 2.39. The Morgan fingerprint density at radius 3 is 2.19 bits per heavy atom. The van der Waals surface area contributed by atoms with Crippen LogP contribution >= 0.6 is 12.4 Å². The summed E-state index contributed by atoms with van der Waals surface area (Å²) in [6.07, 6.45) is -3.79. The van der Waals surface area contributed by atoms with Gasteiger partial charge in [-0.25, -0.2) is 8.42 Å². The first-order chi connectivity index (χ1) is 9.23. The first-order valence-corrected chi connectivity index (χ1v) is 7.59. The second-order valence-electron chi connectivity index (χ2n) is 4.74. The van der Waals surface area contributed by atoms with Crippen molar-refractivity contribution in [1.82, 2.24) is 4.31 Å². The first-order valence-electron chi connectivity index (χ1n) is 6.15. The highest BCUT2D eigenvalue weighted by atomic mass is 35.5. The Morgan fingerprint density at radius 2 is 1.67 bits per heavy atom. The third-order valence-corrected chi connectivity index (χ3v) is 5.27. The molecule has 0 aliphatic carbocycles. The monoisotopic (exact) mass is 344 g/mol. The molecule has 9 heteroatoms. The second-order valence-corrected chi connectivity index (χ2v) is 6.64. The van der Waals surface area contributed by atoms with Crippen molar-refractivity contribution in [3.8, 4) is 0 Å². The highest BCUT2D eigenvalue weighted by molar-refractivity contribution is 7.89. The van der Waals surface area contributed by atoms with Crippen LogP contribution in [0.25, 0.3) is 0 Å². The highest BCUT2D eigenvalue weighted by Crippen LogP contribution is 2.35. The minimum absolute atomic E-state index is 0. The number of rotatable bonds is 2. The first kappa shape index (κ1) is 18.2. The van der Waals surface area contributed by atoms with E-state index in [4.69, 9.17) is 5.73 Å². The SMILES string of the molecule is Cl.NC1CCN(S(=O)(=O)c2ccccc2C(F)(F)F)CC1. The van der Waals surface area contributed by atoms with Gasteiger partial charge in [-0.1, -0.05) is 12.1 Å². The molecule has 0 spiro atoms. The van der Waals surface area contributed by atoms with Crippen molar-refractivity contribution in [2.24, 2.45) is 5.73 Å². The van der Waals surface area contributed by atoms with E-state index in [0.717, 1.165) is 16.4 Å². The number of piperidine rings is 1. The molecule has 0 radical (unpaired) electrons. The van der Waals surface area contributed by atoms with Crippen LogP contribution in [0.5, 0.6) is 0 Å². The van der Waals surface area contributed by atoms with Crippen molar-refractivity contribution in [1.29, 1.82) is 0 Å². The molecule has 21 heavy (non-hydrogen) atoms. The van der Waals surface area contributed by atoms with Gasteiger partial charge < -0.3 is 5.73 Å². The summed E-state index contributed by atoms with van der Waals surface area (Å²) in [5, 5.41) is 0. The maximum Gasteiger partial charge on any atom is 0.417 e. The largest absolute Gasteiger partial charge is 0.417 e. The van der Waals surface area contributed by atoms with E-state index in [1.807, 2.05) is 0 Å². The zero-order valence-corrected chi connectivity index (χ0v) is 12.6. The number of nitrogens with zero attached hydrogens (tertiary/aromatic N) is 1. The molecule has 4 nitrogen and oxygen atoms in total. The molecule has 0 saturated carbocycles. The number of halogens is 4. The topological polar surface area (TPSA) is 63.4 Å². The lowest BCUT2D eigenvalue weighted by atomic mass is 10.1. The molecular weight excluding hydrogens is 329 g/mol. The molecule has 1 heterocycles. The molecule has 0 atom stereocenters. The fourth-order valence-electron chi connectivity index (χ4n) is 2.18. The predicted molar refractivity (Wildman–Crippen MR) is 74.7 cm³/mol. The van der Waals surface area contributed by atoms with Crippen molar-refractivity contribution < 1.29 is 21.6 Å². The van der Waals surface area contributed by atoms with Crippen LogP contribution in [-0.4, -0.2) is 31.9 Å². The van der Waals surface area contributed by atoms with Crippen molar-refractivity contribution in [3.63, 3.8) is 0 Å². The second kappa shape index (κ2) is 6.51. The van der Waals surface area contributed by atoms with Gasteiger partial charge in [-0.3, -0.25) is 0 Å². The average molecular weight is 345 g/mol. The van der Waals surface area contributed by atoms with E-state index in [2.05, 4.69) is 0 Å². The van der Waals surface area contributed by atoms with Crippen molar-refractivity contribution in [3.05, 3.63) is 29.8 Å². The Balaban J connectivity index is 0.00000220. The molecule has 120 valence electrons. The quantitative estimate of drug-likeness (QED) is 0.895. The van der Waals surface area contributed by atoms with Crippen LogP contribution < -0.4 is 5.73 Å². The lowest BCUT2D eigenvalue weighted by Crippen LogP contribution is -2.43. The minimum atomic E-state index is -4.70. The number of alkyl halides is 3. The van der Waals surface area contributed by atoms with E-state index in [0.29, 0.717) is 12.8 Å². The number of hydrogen-bond acceptors (Lipinski definition) is 3. The van der Waals surface area contributed by atoms with Crippen LogP contribution in [0.4, 0.5) is 13.2 Å². The number of benzene rings is 1. The van der Waals surface area contributed by atoms with Gasteiger partial charge in [0.1, 0.15) is 0 Å². The summed E-state index contributed by atoms with van der Waals surface area (Å²) in [6, 6.07) is 4.14. The van der Waals surface area contributed by atoms with Crippen molar-refractivity contribution in [2.45, 2.75) is 30.0 Å². The van der Waals surface area contributed by atoms with Crippen molar-refractivity contribution in [2.75, 3.05) is 13.1 Å². The third kappa shape index (κ3) is 3.88. The lowest BCUT2D eigenvalue weighted by molar-refractivity contribution is -0.139. The molecule has 1 aromatic carbocycles. The Morgan fingerprint density at radius 1 is 1.14 bits per heavy atom. The van der Waals surface area contributed by atoms with E-state index >= 15 is 0 Å². The van der Waals surface area contributed by atoms with Gasteiger partial charge in [0.05, 0.1) is 10.5 Å². The van der Waals surface area contributed by atoms with Gasteiger partial charge in [0.2, 0.25) is 10.0 Å². The third-order valence-electron chi connectivity index (χ3n) is 3.31. The number of hydrogen-bond donors (Lipinski definition) is 1. The van der Waals surface area contributed by atoms with Gasteiger partial charge in [0, 0.05) is 19.1 Å². The fraction of sp³-hybridized carbons (Fsp3) is 0.500. The van der Waals surface area contributed by atoms with E-state index in [1.54, 1.807) is 0 Å². The predicted octanol–water partition coefficient (Wildman–Crippen LogP) is 2.24.